The molecule has 0 aliphatic heterocycles. The Bertz CT molecular complexity index is 338. The molecule has 4 heteroatoms. The highest BCUT2D eigenvalue weighted by Crippen LogP contribution is 2.12. The summed E-state index contributed by atoms with van der Waals surface area (Å²) in [7, 11) is 1.70. The molecule has 0 radical (unpaired) electrons. The van der Waals surface area contributed by atoms with Crippen LogP contribution < -0.4 is 5.32 Å². The molecule has 0 amide bonds. The van der Waals surface area contributed by atoms with Crippen molar-refractivity contribution in [1.82, 2.24) is 0 Å². The maximum atomic E-state index is 5.50. The number of hydrogen-bond acceptors (Lipinski definition) is 4. The van der Waals surface area contributed by atoms with E-state index in [4.69, 9.17) is 14.2 Å². The first kappa shape index (κ1) is 16.0. The van der Waals surface area contributed by atoms with E-state index < -0.39 is 0 Å². The lowest BCUT2D eigenvalue weighted by molar-refractivity contribution is -0.137. The van der Waals surface area contributed by atoms with Gasteiger partial charge >= 0.3 is 0 Å². The number of anilines is 1. The first-order valence-electron chi connectivity index (χ1n) is 6.85. The Labute approximate surface area is 116 Å². The van der Waals surface area contributed by atoms with Crippen LogP contribution >= 0.6 is 0 Å². The largest absolute Gasteiger partial charge is 0.385 e. The first-order chi connectivity index (χ1) is 9.30. The van der Waals surface area contributed by atoms with Gasteiger partial charge in [-0.2, -0.15) is 0 Å². The molecule has 0 fully saturated rings. The van der Waals surface area contributed by atoms with Crippen LogP contribution in [0.5, 0.6) is 0 Å². The van der Waals surface area contributed by atoms with Gasteiger partial charge in [0.1, 0.15) is 0 Å². The summed E-state index contributed by atoms with van der Waals surface area (Å²) in [6.07, 6.45) is 0.709. The SMILES string of the molecule is CCOC(CCNc1cccc(COC)c1)OCC. The molecule has 0 saturated heterocycles. The number of nitrogens with one attached hydrogen (secondary N) is 1. The molecule has 0 aliphatic carbocycles. The molecule has 1 N–H and O–H groups in total. The summed E-state index contributed by atoms with van der Waals surface area (Å²) in [5.74, 6) is 0. The zero-order valence-electron chi connectivity index (χ0n) is 12.1. The molecule has 0 bridgehead atoms. The van der Waals surface area contributed by atoms with Gasteiger partial charge in [0.05, 0.1) is 6.61 Å². The van der Waals surface area contributed by atoms with Crippen LogP contribution in [0.1, 0.15) is 25.8 Å². The van der Waals surface area contributed by atoms with Crippen molar-refractivity contribution in [2.24, 2.45) is 0 Å². The summed E-state index contributed by atoms with van der Waals surface area (Å²) >= 11 is 0. The van der Waals surface area contributed by atoms with Crippen molar-refractivity contribution < 1.29 is 14.2 Å². The standard InChI is InChI=1S/C15H25NO3/c1-4-18-15(19-5-2)9-10-16-14-8-6-7-13(11-14)12-17-3/h6-8,11,15-16H,4-5,9-10,12H2,1-3H3. The van der Waals surface area contributed by atoms with Gasteiger partial charge in [0.15, 0.2) is 6.29 Å². The molecule has 108 valence electrons. The molecule has 0 atom stereocenters. The molecule has 0 unspecified atom stereocenters. The van der Waals surface area contributed by atoms with Crippen LogP contribution in [0.3, 0.4) is 0 Å². The third kappa shape index (κ3) is 6.57. The smallest absolute Gasteiger partial charge is 0.159 e. The molecule has 0 saturated carbocycles. The van der Waals surface area contributed by atoms with E-state index in [0.717, 1.165) is 18.7 Å². The van der Waals surface area contributed by atoms with Crippen molar-refractivity contribution in [2.45, 2.75) is 33.2 Å². The van der Waals surface area contributed by atoms with E-state index in [1.807, 2.05) is 19.9 Å². The number of methoxy groups -OCH3 is 1. The average molecular weight is 267 g/mol. The normalized spacial score (nSPS) is 10.9. The summed E-state index contributed by atoms with van der Waals surface area (Å²) in [6, 6.07) is 8.23. The van der Waals surface area contributed by atoms with Crippen LogP contribution in [0.15, 0.2) is 24.3 Å². The monoisotopic (exact) mass is 267 g/mol. The molecule has 1 rings (SSSR count). The van der Waals surface area contributed by atoms with Crippen LogP contribution in [0.4, 0.5) is 5.69 Å². The van der Waals surface area contributed by atoms with E-state index in [1.54, 1.807) is 7.11 Å². The minimum Gasteiger partial charge on any atom is -0.385 e. The van der Waals surface area contributed by atoms with Gasteiger partial charge in [-0.05, 0) is 31.5 Å². The fourth-order valence-corrected chi connectivity index (χ4v) is 1.86. The van der Waals surface area contributed by atoms with Crippen molar-refractivity contribution in [3.05, 3.63) is 29.8 Å². The summed E-state index contributed by atoms with van der Waals surface area (Å²) in [4.78, 5) is 0. The Balaban J connectivity index is 2.36. The van der Waals surface area contributed by atoms with Gasteiger partial charge in [-0.3, -0.25) is 0 Å². The summed E-state index contributed by atoms with van der Waals surface area (Å²) < 4.78 is 16.1. The van der Waals surface area contributed by atoms with Crippen LogP contribution in [0.25, 0.3) is 0 Å². The van der Waals surface area contributed by atoms with Crippen LogP contribution in [-0.2, 0) is 20.8 Å². The predicted octanol–water partition coefficient (Wildman–Crippen LogP) is 3.03. The number of rotatable bonds is 10. The topological polar surface area (TPSA) is 39.7 Å². The minimum absolute atomic E-state index is 0.121. The molecule has 4 nitrogen and oxygen atoms in total. The van der Waals surface area contributed by atoms with Gasteiger partial charge in [-0.25, -0.2) is 0 Å². The van der Waals surface area contributed by atoms with E-state index in [1.165, 1.54) is 5.56 Å². The lowest BCUT2D eigenvalue weighted by Gasteiger charge is -2.17. The van der Waals surface area contributed by atoms with E-state index in [-0.39, 0.29) is 6.29 Å². The lowest BCUT2D eigenvalue weighted by atomic mass is 10.2. The highest BCUT2D eigenvalue weighted by atomic mass is 16.7. The highest BCUT2D eigenvalue weighted by Gasteiger charge is 2.07. The maximum Gasteiger partial charge on any atom is 0.159 e. The van der Waals surface area contributed by atoms with Crippen LogP contribution in [0.2, 0.25) is 0 Å². The van der Waals surface area contributed by atoms with E-state index in [0.29, 0.717) is 19.8 Å². The van der Waals surface area contributed by atoms with Crippen molar-refractivity contribution in [1.29, 1.82) is 0 Å². The van der Waals surface area contributed by atoms with Crippen LogP contribution in [-0.4, -0.2) is 33.2 Å². The second kappa shape index (κ2) is 9.78. The lowest BCUT2D eigenvalue weighted by Crippen LogP contribution is -2.21. The molecule has 1 aromatic carbocycles. The maximum absolute atomic E-state index is 5.50. The van der Waals surface area contributed by atoms with Crippen molar-refractivity contribution in [3.63, 3.8) is 0 Å². The third-order valence-corrected chi connectivity index (χ3v) is 2.65. The molecule has 0 aromatic heterocycles. The summed E-state index contributed by atoms with van der Waals surface area (Å²) in [6.45, 7) is 6.76. The highest BCUT2D eigenvalue weighted by molar-refractivity contribution is 5.45. The summed E-state index contributed by atoms with van der Waals surface area (Å²) in [5, 5.41) is 3.38. The second-order valence-electron chi connectivity index (χ2n) is 4.19. The fourth-order valence-electron chi connectivity index (χ4n) is 1.86. The minimum atomic E-state index is -0.121. The quantitative estimate of drug-likeness (QED) is 0.661. The van der Waals surface area contributed by atoms with Gasteiger partial charge in [0, 0.05) is 39.0 Å². The number of hydrogen-bond donors (Lipinski definition) is 1. The number of benzene rings is 1. The molecular formula is C15H25NO3. The zero-order chi connectivity index (χ0) is 13.9. The van der Waals surface area contributed by atoms with Crippen molar-refractivity contribution >= 4 is 5.69 Å². The average Bonchev–Trinajstić information content (AvgIpc) is 2.40. The van der Waals surface area contributed by atoms with Crippen molar-refractivity contribution in [3.8, 4) is 0 Å². The Morgan fingerprint density at radius 3 is 2.53 bits per heavy atom. The van der Waals surface area contributed by atoms with Gasteiger partial charge in [-0.1, -0.05) is 12.1 Å². The summed E-state index contributed by atoms with van der Waals surface area (Å²) in [5.41, 5.74) is 2.26. The first-order valence-corrected chi connectivity index (χ1v) is 6.85. The van der Waals surface area contributed by atoms with Gasteiger partial charge in [0.25, 0.3) is 0 Å². The van der Waals surface area contributed by atoms with Crippen molar-refractivity contribution in [2.75, 3.05) is 32.2 Å². The fraction of sp³-hybridized carbons (Fsp3) is 0.600. The van der Waals surface area contributed by atoms with E-state index in [9.17, 15) is 0 Å². The Hall–Kier alpha value is -1.10. The second-order valence-corrected chi connectivity index (χ2v) is 4.19. The van der Waals surface area contributed by atoms with E-state index >= 15 is 0 Å². The Morgan fingerprint density at radius 2 is 1.89 bits per heavy atom. The number of ether oxygens (including phenoxy) is 3. The Kier molecular flexibility index (Phi) is 8.21. The molecule has 19 heavy (non-hydrogen) atoms. The molecular weight excluding hydrogens is 242 g/mol. The van der Waals surface area contributed by atoms with Gasteiger partial charge in [-0.15, -0.1) is 0 Å². The zero-order valence-corrected chi connectivity index (χ0v) is 12.1. The van der Waals surface area contributed by atoms with E-state index in [2.05, 4.69) is 23.5 Å². The molecule has 0 heterocycles. The molecule has 0 spiro atoms. The third-order valence-electron chi connectivity index (χ3n) is 2.65. The predicted molar refractivity (Wildman–Crippen MR) is 77.3 cm³/mol. The Morgan fingerprint density at radius 1 is 1.16 bits per heavy atom. The van der Waals surface area contributed by atoms with Gasteiger partial charge < -0.3 is 19.5 Å². The van der Waals surface area contributed by atoms with Crippen LogP contribution in [0, 0.1) is 0 Å². The van der Waals surface area contributed by atoms with Gasteiger partial charge in [0.2, 0.25) is 0 Å². The molecule has 1 aromatic rings. The molecule has 0 aliphatic rings.